The Bertz CT molecular complexity index is 88.9. The van der Waals surface area contributed by atoms with Gasteiger partial charge in [0, 0.05) is 0 Å². The third kappa shape index (κ3) is 9.05. The van der Waals surface area contributed by atoms with Crippen LogP contribution in [0.5, 0.6) is 0 Å². The molecule has 0 spiro atoms. The molecule has 2 nitrogen and oxygen atoms in total. The van der Waals surface area contributed by atoms with E-state index in [9.17, 15) is 0 Å². The molecule has 0 heterocycles. The minimum absolute atomic E-state index is 0.916. The Morgan fingerprint density at radius 2 is 1.31 bits per heavy atom. The van der Waals surface area contributed by atoms with Crippen molar-refractivity contribution in [2.24, 2.45) is 0 Å². The van der Waals surface area contributed by atoms with Crippen LogP contribution in [-0.2, 0) is 6.03 Å². The van der Waals surface area contributed by atoms with Crippen LogP contribution in [-0.4, -0.2) is 34.3 Å². The Hall–Kier alpha value is 0.738. The van der Waals surface area contributed by atoms with Crippen molar-refractivity contribution in [3.8, 4) is 0 Å². The van der Waals surface area contributed by atoms with Gasteiger partial charge in [-0.1, -0.05) is 0 Å². The van der Waals surface area contributed by atoms with Crippen molar-refractivity contribution in [1.29, 1.82) is 0 Å². The van der Waals surface area contributed by atoms with Crippen molar-refractivity contribution in [1.82, 2.24) is 0 Å². The summed E-state index contributed by atoms with van der Waals surface area (Å²) in [6, 6.07) is 0. The van der Waals surface area contributed by atoms with Crippen LogP contribution >= 0.6 is 0 Å². The fourth-order valence-corrected chi connectivity index (χ4v) is 4.00. The van der Waals surface area contributed by atoms with Crippen molar-refractivity contribution in [3.05, 3.63) is 0 Å². The predicted molar refractivity (Wildman–Crippen MR) is 58.0 cm³/mol. The van der Waals surface area contributed by atoms with E-state index in [4.69, 9.17) is 6.03 Å². The van der Waals surface area contributed by atoms with Gasteiger partial charge < -0.3 is 0 Å². The Labute approximate surface area is 91.1 Å². The molecule has 3 heteroatoms. The molecule has 0 N–H and O–H groups in total. The summed E-state index contributed by atoms with van der Waals surface area (Å²) in [5, 5.41) is 0. The summed E-state index contributed by atoms with van der Waals surface area (Å²) < 4.78 is 12.6. The molecule has 0 aliphatic carbocycles. The van der Waals surface area contributed by atoms with Crippen LogP contribution in [0.25, 0.3) is 0 Å². The number of rotatable bonds is 9. The van der Waals surface area contributed by atoms with Crippen molar-refractivity contribution < 1.29 is 6.03 Å². The summed E-state index contributed by atoms with van der Waals surface area (Å²) in [7, 11) is 0. The zero-order valence-electron chi connectivity index (χ0n) is 9.21. The van der Waals surface area contributed by atoms with E-state index in [0.29, 0.717) is 0 Å². The average molecular weight is 297 g/mol. The fourth-order valence-electron chi connectivity index (χ4n) is 0.841. The van der Waals surface area contributed by atoms with Gasteiger partial charge in [0.05, 0.1) is 0 Å². The van der Waals surface area contributed by atoms with Crippen LogP contribution < -0.4 is 0 Å². The Balaban J connectivity index is 3.28. The second kappa shape index (κ2) is 10.8. The molecule has 0 rings (SSSR count). The van der Waals surface area contributed by atoms with Crippen molar-refractivity contribution in [2.45, 2.75) is 50.8 Å². The molecule has 0 saturated carbocycles. The maximum absolute atomic E-state index is 5.74. The zero-order chi connectivity index (χ0) is 9.94. The average Bonchev–Trinajstić information content (AvgIpc) is 2.16. The molecule has 0 amide bonds. The molecular weight excluding hydrogens is 274 g/mol. The van der Waals surface area contributed by atoms with Gasteiger partial charge in [0.15, 0.2) is 0 Å². The predicted octanol–water partition coefficient (Wildman–Crippen LogP) is 3.13. The fraction of sp³-hybridized carbons (Fsp3) is 1.00. The summed E-state index contributed by atoms with van der Waals surface area (Å²) in [6.45, 7) is 8.39. The van der Waals surface area contributed by atoms with Gasteiger partial charge in [-0.15, -0.1) is 0 Å². The topological polar surface area (TPSA) is 18.5 Å². The van der Waals surface area contributed by atoms with Gasteiger partial charge in [0.2, 0.25) is 0 Å². The Kier molecular flexibility index (Phi) is 11.4. The Morgan fingerprint density at radius 1 is 0.846 bits per heavy atom. The van der Waals surface area contributed by atoms with E-state index in [2.05, 4.69) is 20.8 Å². The SMILES string of the molecule is CCCC[O][Sb]([CH2]C)[O]CCCC. The first kappa shape index (κ1) is 13.7. The standard InChI is InChI=1S/2C4H9O.C2H5.Sb/c2*1-2-3-4-5;1-2;/h2*2-4H2,1H3;1H2,2H3;/q2*-1;;+2. The first-order valence-corrected chi connectivity index (χ1v) is 9.27. The molecule has 0 aliphatic rings. The van der Waals surface area contributed by atoms with Crippen LogP contribution in [0.1, 0.15) is 46.5 Å². The van der Waals surface area contributed by atoms with Crippen LogP contribution in [0.15, 0.2) is 0 Å². The molecular formula is C10H23O2Sb. The van der Waals surface area contributed by atoms with Gasteiger partial charge in [0.1, 0.15) is 0 Å². The van der Waals surface area contributed by atoms with E-state index in [0.717, 1.165) is 17.6 Å². The van der Waals surface area contributed by atoms with Gasteiger partial charge in [0.25, 0.3) is 0 Å². The Morgan fingerprint density at radius 3 is 1.62 bits per heavy atom. The van der Waals surface area contributed by atoms with Gasteiger partial charge in [-0.3, -0.25) is 0 Å². The first-order valence-electron chi connectivity index (χ1n) is 5.38. The van der Waals surface area contributed by atoms with E-state index in [1.165, 1.54) is 25.7 Å². The van der Waals surface area contributed by atoms with Gasteiger partial charge in [-0.05, 0) is 0 Å². The second-order valence-corrected chi connectivity index (χ2v) is 8.20. The van der Waals surface area contributed by atoms with Crippen molar-refractivity contribution >= 4 is 21.1 Å². The second-order valence-electron chi connectivity index (χ2n) is 3.02. The molecule has 0 saturated heterocycles. The minimum atomic E-state index is -1.69. The number of hydrogen-bond donors (Lipinski definition) is 0. The maximum atomic E-state index is 5.74. The van der Waals surface area contributed by atoms with E-state index in [1.54, 1.807) is 0 Å². The van der Waals surface area contributed by atoms with Crippen molar-refractivity contribution in [2.75, 3.05) is 13.2 Å². The van der Waals surface area contributed by atoms with Crippen LogP contribution in [0.2, 0.25) is 4.37 Å². The monoisotopic (exact) mass is 296 g/mol. The van der Waals surface area contributed by atoms with Gasteiger partial charge >= 0.3 is 91.1 Å². The summed E-state index contributed by atoms with van der Waals surface area (Å²) in [4.78, 5) is 0. The molecule has 0 unspecified atom stereocenters. The molecule has 0 aromatic heterocycles. The van der Waals surface area contributed by atoms with E-state index < -0.39 is 21.1 Å². The molecule has 80 valence electrons. The molecule has 0 radical (unpaired) electrons. The molecule has 0 bridgehead atoms. The summed E-state index contributed by atoms with van der Waals surface area (Å²) in [5.74, 6) is 0. The van der Waals surface area contributed by atoms with Gasteiger partial charge in [-0.2, -0.15) is 0 Å². The van der Waals surface area contributed by atoms with E-state index in [1.807, 2.05) is 0 Å². The summed E-state index contributed by atoms with van der Waals surface area (Å²) >= 11 is -1.69. The quantitative estimate of drug-likeness (QED) is 0.481. The number of hydrogen-bond acceptors (Lipinski definition) is 2. The van der Waals surface area contributed by atoms with Crippen LogP contribution in [0.4, 0.5) is 0 Å². The molecule has 0 aromatic carbocycles. The summed E-state index contributed by atoms with van der Waals surface area (Å²) in [6.07, 6.45) is 4.79. The van der Waals surface area contributed by atoms with E-state index in [-0.39, 0.29) is 0 Å². The zero-order valence-corrected chi connectivity index (χ0v) is 11.8. The van der Waals surface area contributed by atoms with Crippen LogP contribution in [0, 0.1) is 0 Å². The van der Waals surface area contributed by atoms with Crippen LogP contribution in [0.3, 0.4) is 0 Å². The summed E-state index contributed by atoms with van der Waals surface area (Å²) in [5.41, 5.74) is 0. The first-order chi connectivity index (χ1) is 6.35. The molecule has 0 fully saturated rings. The molecule has 13 heavy (non-hydrogen) atoms. The molecule has 0 atom stereocenters. The third-order valence-corrected chi connectivity index (χ3v) is 5.88. The number of unbranched alkanes of at least 4 members (excludes halogenated alkanes) is 2. The molecule has 0 aromatic rings. The van der Waals surface area contributed by atoms with E-state index >= 15 is 0 Å². The normalized spacial score (nSPS) is 11.1. The molecule has 0 aliphatic heterocycles. The van der Waals surface area contributed by atoms with Gasteiger partial charge in [-0.25, -0.2) is 0 Å². The third-order valence-electron chi connectivity index (χ3n) is 1.72. The van der Waals surface area contributed by atoms with Crippen molar-refractivity contribution in [3.63, 3.8) is 0 Å².